The first-order chi connectivity index (χ1) is 23.3. The SMILES string of the molecule is C=C(c1ccccc1)[C@H](CS(=O)(=O)N1CCN(C)CC1)C(=O)N[C@@H](Cc1cscn1)C(=O)NC(CC1CCCCC1)[C@@H](O)[C@@H](O)CC(C)C. The van der Waals surface area contributed by atoms with Crippen LogP contribution in [0.2, 0.25) is 0 Å². The number of benzene rings is 1. The van der Waals surface area contributed by atoms with Gasteiger partial charge in [-0.25, -0.2) is 13.4 Å². The molecule has 0 spiro atoms. The van der Waals surface area contributed by atoms with Gasteiger partial charge < -0.3 is 25.7 Å². The van der Waals surface area contributed by atoms with E-state index in [1.165, 1.54) is 15.6 Å². The predicted octanol–water partition coefficient (Wildman–Crippen LogP) is 3.30. The van der Waals surface area contributed by atoms with Crippen molar-refractivity contribution >= 4 is 38.7 Å². The number of rotatable bonds is 17. The number of aliphatic hydroxyl groups is 2. The van der Waals surface area contributed by atoms with Gasteiger partial charge in [-0.3, -0.25) is 9.59 Å². The molecule has 0 radical (unpaired) electrons. The first-order valence-corrected chi connectivity index (χ1v) is 20.1. The van der Waals surface area contributed by atoms with Crippen molar-refractivity contribution in [2.45, 2.75) is 89.5 Å². The zero-order valence-corrected chi connectivity index (χ0v) is 30.8. The maximum Gasteiger partial charge on any atom is 0.243 e. The Morgan fingerprint density at radius 1 is 1.02 bits per heavy atom. The van der Waals surface area contributed by atoms with Gasteiger partial charge in [-0.2, -0.15) is 4.31 Å². The van der Waals surface area contributed by atoms with E-state index >= 15 is 0 Å². The molecule has 1 saturated heterocycles. The summed E-state index contributed by atoms with van der Waals surface area (Å²) in [6, 6.07) is 7.15. The van der Waals surface area contributed by atoms with E-state index in [9.17, 15) is 28.2 Å². The lowest BCUT2D eigenvalue weighted by Crippen LogP contribution is -2.57. The summed E-state index contributed by atoms with van der Waals surface area (Å²) in [4.78, 5) is 34.8. The molecule has 1 saturated carbocycles. The summed E-state index contributed by atoms with van der Waals surface area (Å²) in [6.45, 7) is 9.93. The summed E-state index contributed by atoms with van der Waals surface area (Å²) >= 11 is 1.37. The molecule has 4 rings (SSSR count). The molecule has 2 aliphatic rings. The summed E-state index contributed by atoms with van der Waals surface area (Å²) < 4.78 is 28.9. The van der Waals surface area contributed by atoms with Gasteiger partial charge in [0.05, 0.1) is 35.0 Å². The molecule has 49 heavy (non-hydrogen) atoms. The van der Waals surface area contributed by atoms with E-state index in [2.05, 4.69) is 27.1 Å². The molecular weight excluding hydrogens is 663 g/mol. The fourth-order valence-electron chi connectivity index (χ4n) is 6.84. The number of sulfonamides is 1. The second-order valence-electron chi connectivity index (χ2n) is 14.2. The molecule has 1 aliphatic carbocycles. The van der Waals surface area contributed by atoms with Crippen LogP contribution in [-0.4, -0.2) is 108 Å². The van der Waals surface area contributed by atoms with E-state index in [0.29, 0.717) is 61.8 Å². The fraction of sp³-hybridized carbons (Fsp3) is 0.639. The van der Waals surface area contributed by atoms with E-state index in [0.717, 1.165) is 32.1 Å². The van der Waals surface area contributed by atoms with E-state index in [4.69, 9.17) is 0 Å². The number of carbonyl (C=O) groups is 2. The Bertz CT molecular complexity index is 1440. The zero-order chi connectivity index (χ0) is 35.6. The lowest BCUT2D eigenvalue weighted by atomic mass is 9.82. The van der Waals surface area contributed by atoms with E-state index in [1.54, 1.807) is 35.2 Å². The molecule has 2 aromatic rings. The number of nitrogens with one attached hydrogen (secondary N) is 2. The van der Waals surface area contributed by atoms with Crippen molar-refractivity contribution in [2.24, 2.45) is 17.8 Å². The molecule has 272 valence electrons. The Morgan fingerprint density at radius 2 is 1.69 bits per heavy atom. The lowest BCUT2D eigenvalue weighted by Gasteiger charge is -2.34. The number of thiazole rings is 1. The summed E-state index contributed by atoms with van der Waals surface area (Å²) in [5.41, 5.74) is 3.21. The van der Waals surface area contributed by atoms with Gasteiger partial charge >= 0.3 is 0 Å². The quantitative estimate of drug-likeness (QED) is 0.195. The highest BCUT2D eigenvalue weighted by Crippen LogP contribution is 2.29. The first-order valence-electron chi connectivity index (χ1n) is 17.6. The number of carbonyl (C=O) groups excluding carboxylic acids is 2. The van der Waals surface area contributed by atoms with Gasteiger partial charge in [0, 0.05) is 38.0 Å². The topological polar surface area (TPSA) is 152 Å². The molecule has 1 aliphatic heterocycles. The van der Waals surface area contributed by atoms with Crippen LogP contribution in [0.5, 0.6) is 0 Å². The molecule has 4 N–H and O–H groups in total. The van der Waals surface area contributed by atoms with E-state index < -0.39 is 57.8 Å². The van der Waals surface area contributed by atoms with Gasteiger partial charge in [0.1, 0.15) is 12.1 Å². The van der Waals surface area contributed by atoms with Crippen molar-refractivity contribution in [1.29, 1.82) is 0 Å². The normalized spacial score (nSPS) is 19.9. The monoisotopic (exact) mass is 717 g/mol. The van der Waals surface area contributed by atoms with Gasteiger partial charge in [-0.15, -0.1) is 11.3 Å². The molecule has 13 heteroatoms. The minimum Gasteiger partial charge on any atom is -0.390 e. The van der Waals surface area contributed by atoms with Crippen LogP contribution in [0.25, 0.3) is 5.57 Å². The predicted molar refractivity (Wildman–Crippen MR) is 194 cm³/mol. The van der Waals surface area contributed by atoms with Crippen molar-refractivity contribution in [2.75, 3.05) is 39.0 Å². The maximum atomic E-state index is 14.2. The highest BCUT2D eigenvalue weighted by molar-refractivity contribution is 7.89. The van der Waals surface area contributed by atoms with Crippen molar-refractivity contribution < 1.29 is 28.2 Å². The van der Waals surface area contributed by atoms with Crippen LogP contribution in [0.15, 0.2) is 47.8 Å². The third-order valence-electron chi connectivity index (χ3n) is 9.80. The molecule has 1 aromatic carbocycles. The average Bonchev–Trinajstić information content (AvgIpc) is 3.60. The Balaban J connectivity index is 1.60. The number of hydrogen-bond donors (Lipinski definition) is 4. The van der Waals surface area contributed by atoms with Crippen LogP contribution < -0.4 is 10.6 Å². The first kappa shape index (κ1) is 39.1. The highest BCUT2D eigenvalue weighted by Gasteiger charge is 2.37. The van der Waals surface area contributed by atoms with Crippen LogP contribution >= 0.6 is 11.3 Å². The molecule has 1 unspecified atom stereocenters. The van der Waals surface area contributed by atoms with Gasteiger partial charge in [0.25, 0.3) is 0 Å². The number of piperazine rings is 1. The minimum absolute atomic E-state index is 0.0671. The zero-order valence-electron chi connectivity index (χ0n) is 29.2. The van der Waals surface area contributed by atoms with Gasteiger partial charge in [0.2, 0.25) is 21.8 Å². The number of likely N-dealkylation sites (N-methyl/N-ethyl adjacent to an activating group) is 1. The fourth-order valence-corrected chi connectivity index (χ4v) is 9.11. The lowest BCUT2D eigenvalue weighted by molar-refractivity contribution is -0.131. The third kappa shape index (κ3) is 11.7. The smallest absolute Gasteiger partial charge is 0.243 e. The van der Waals surface area contributed by atoms with Crippen molar-refractivity contribution in [3.63, 3.8) is 0 Å². The molecule has 11 nitrogen and oxygen atoms in total. The maximum absolute atomic E-state index is 14.2. The standard InChI is InChI=1S/C36H55N5O6S2/c1-25(2)19-33(42)34(43)31(20-27-11-7-5-8-12-27)38-36(45)32(21-29-22-48-24-37-29)39-35(44)30(26(3)28-13-9-6-10-14-28)23-49(46,47)41-17-15-40(4)16-18-41/h6,9-10,13-14,22,24-25,27,30-34,42-43H,3,5,7-8,11-12,15-21,23H2,1-2,4H3,(H,38,45)(H,39,44)/t30-,31?,32-,33-,34+/m0/s1. The van der Waals surface area contributed by atoms with Crippen LogP contribution in [0, 0.1) is 17.8 Å². The number of amides is 2. The van der Waals surface area contributed by atoms with Gasteiger partial charge in [-0.05, 0) is 42.9 Å². The Labute approximate surface area is 296 Å². The molecule has 2 fully saturated rings. The summed E-state index contributed by atoms with van der Waals surface area (Å²) in [7, 11) is -1.92. The molecule has 5 atom stereocenters. The number of nitrogens with zero attached hydrogens (tertiary/aromatic N) is 3. The van der Waals surface area contributed by atoms with Crippen LogP contribution in [0.1, 0.15) is 70.1 Å². The van der Waals surface area contributed by atoms with Gasteiger partial charge in [0.15, 0.2) is 0 Å². The Morgan fingerprint density at radius 3 is 2.31 bits per heavy atom. The van der Waals surface area contributed by atoms with Crippen molar-refractivity contribution in [3.05, 3.63) is 59.1 Å². The Kier molecular flexibility index (Phi) is 14.8. The Hall–Kier alpha value is -2.68. The third-order valence-corrected chi connectivity index (χ3v) is 12.3. The van der Waals surface area contributed by atoms with E-state index in [1.807, 2.05) is 27.0 Å². The number of hydrogen-bond acceptors (Lipinski definition) is 9. The van der Waals surface area contributed by atoms with Gasteiger partial charge in [-0.1, -0.05) is 82.9 Å². The van der Waals surface area contributed by atoms with Crippen LogP contribution in [0.3, 0.4) is 0 Å². The van der Waals surface area contributed by atoms with Crippen LogP contribution in [-0.2, 0) is 26.0 Å². The second kappa shape index (κ2) is 18.5. The van der Waals surface area contributed by atoms with Crippen LogP contribution in [0.4, 0.5) is 0 Å². The summed E-state index contributed by atoms with van der Waals surface area (Å²) in [5, 5.41) is 29.9. The number of aromatic nitrogens is 1. The second-order valence-corrected chi connectivity index (χ2v) is 16.9. The molecule has 2 heterocycles. The van der Waals surface area contributed by atoms with Crippen molar-refractivity contribution in [3.8, 4) is 0 Å². The van der Waals surface area contributed by atoms with Crippen molar-refractivity contribution in [1.82, 2.24) is 24.8 Å². The minimum atomic E-state index is -3.86. The largest absolute Gasteiger partial charge is 0.390 e. The average molecular weight is 718 g/mol. The van der Waals surface area contributed by atoms with E-state index in [-0.39, 0.29) is 12.3 Å². The number of aliphatic hydroxyl groups excluding tert-OH is 2. The summed E-state index contributed by atoms with van der Waals surface area (Å²) in [5.74, 6) is -2.38. The molecule has 2 amide bonds. The highest BCUT2D eigenvalue weighted by atomic mass is 32.2. The molecular formula is C36H55N5O6S2. The molecule has 0 bridgehead atoms. The molecule has 1 aromatic heterocycles. The summed E-state index contributed by atoms with van der Waals surface area (Å²) in [6.07, 6.45) is 4.04.